The molecule has 0 radical (unpaired) electrons. The van der Waals surface area contributed by atoms with Crippen LogP contribution in [0.3, 0.4) is 0 Å². The van der Waals surface area contributed by atoms with Gasteiger partial charge >= 0.3 is 0 Å². The summed E-state index contributed by atoms with van der Waals surface area (Å²) in [6, 6.07) is 20.1. The van der Waals surface area contributed by atoms with Crippen molar-refractivity contribution in [1.82, 2.24) is 10.3 Å². The zero-order chi connectivity index (χ0) is 19.5. The number of fused-ring (bicyclic) bond motifs is 1. The second kappa shape index (κ2) is 7.72. The Morgan fingerprint density at radius 2 is 1.93 bits per heavy atom. The second-order valence-electron chi connectivity index (χ2n) is 6.99. The predicted molar refractivity (Wildman–Crippen MR) is 110 cm³/mol. The van der Waals surface area contributed by atoms with Crippen molar-refractivity contribution < 1.29 is 9.53 Å². The summed E-state index contributed by atoms with van der Waals surface area (Å²) in [5.74, 6) is 1.53. The van der Waals surface area contributed by atoms with Gasteiger partial charge in [0.25, 0.3) is 5.91 Å². The maximum absolute atomic E-state index is 12.4. The standard InChI is InChI=1S/C23H23N3O2/c1-16-13-18-5-3-4-6-21(18)26(16)22-12-9-19(15-24-22)23(27)25-14-17-7-10-20(28-2)11-8-17/h3-12,15-16H,13-14H2,1-2H3,(H,25,27). The Labute approximate surface area is 165 Å². The van der Waals surface area contributed by atoms with E-state index in [1.54, 1.807) is 13.3 Å². The molecule has 0 fully saturated rings. The van der Waals surface area contributed by atoms with Gasteiger partial charge in [0, 0.05) is 24.5 Å². The van der Waals surface area contributed by atoms with Gasteiger partial charge in [0.05, 0.1) is 12.7 Å². The molecule has 2 heterocycles. The van der Waals surface area contributed by atoms with Gasteiger partial charge in [-0.25, -0.2) is 4.98 Å². The first-order valence-corrected chi connectivity index (χ1v) is 9.40. The summed E-state index contributed by atoms with van der Waals surface area (Å²) in [4.78, 5) is 19.2. The molecule has 5 heteroatoms. The van der Waals surface area contributed by atoms with E-state index in [2.05, 4.69) is 40.3 Å². The van der Waals surface area contributed by atoms with E-state index in [1.165, 1.54) is 11.3 Å². The van der Waals surface area contributed by atoms with E-state index < -0.39 is 0 Å². The smallest absolute Gasteiger partial charge is 0.253 e. The van der Waals surface area contributed by atoms with Crippen LogP contribution >= 0.6 is 0 Å². The minimum absolute atomic E-state index is 0.135. The zero-order valence-electron chi connectivity index (χ0n) is 16.1. The first-order valence-electron chi connectivity index (χ1n) is 9.40. The quantitative estimate of drug-likeness (QED) is 0.731. The number of hydrogen-bond donors (Lipinski definition) is 1. The molecule has 5 nitrogen and oxygen atoms in total. The molecule has 3 aromatic rings. The molecule has 142 valence electrons. The third-order valence-corrected chi connectivity index (χ3v) is 5.08. The Morgan fingerprint density at radius 3 is 2.64 bits per heavy atom. The van der Waals surface area contributed by atoms with Crippen LogP contribution in [-0.4, -0.2) is 24.0 Å². The Hall–Kier alpha value is -3.34. The van der Waals surface area contributed by atoms with Gasteiger partial charge in [-0.05, 0) is 54.8 Å². The van der Waals surface area contributed by atoms with E-state index in [-0.39, 0.29) is 5.91 Å². The molecule has 1 N–H and O–H groups in total. The second-order valence-corrected chi connectivity index (χ2v) is 6.99. The molecule has 0 bridgehead atoms. The number of benzene rings is 2. The fraction of sp³-hybridized carbons (Fsp3) is 0.217. The van der Waals surface area contributed by atoms with Gasteiger partial charge in [-0.15, -0.1) is 0 Å². The molecule has 1 unspecified atom stereocenters. The summed E-state index contributed by atoms with van der Waals surface area (Å²) >= 11 is 0. The van der Waals surface area contributed by atoms with Crippen LogP contribution < -0.4 is 15.0 Å². The number of carbonyl (C=O) groups is 1. The molecule has 4 rings (SSSR count). The molecule has 1 aliphatic heterocycles. The average Bonchev–Trinajstić information content (AvgIpc) is 3.08. The van der Waals surface area contributed by atoms with Crippen molar-refractivity contribution in [3.8, 4) is 5.75 Å². The number of nitrogens with zero attached hydrogens (tertiary/aromatic N) is 2. The Balaban J connectivity index is 1.43. The first kappa shape index (κ1) is 18.0. The SMILES string of the molecule is COc1ccc(CNC(=O)c2ccc(N3c4ccccc4CC3C)nc2)cc1. The van der Waals surface area contributed by atoms with Crippen molar-refractivity contribution in [3.05, 3.63) is 83.6 Å². The van der Waals surface area contributed by atoms with E-state index in [1.807, 2.05) is 42.5 Å². The minimum Gasteiger partial charge on any atom is -0.497 e. The molecule has 0 saturated carbocycles. The molecular formula is C23H23N3O2. The number of aromatic nitrogens is 1. The number of pyridine rings is 1. The summed E-state index contributed by atoms with van der Waals surface area (Å²) in [6.07, 6.45) is 2.65. The molecule has 0 aliphatic carbocycles. The maximum atomic E-state index is 12.4. The Bertz CT molecular complexity index is 968. The van der Waals surface area contributed by atoms with Crippen LogP contribution in [0.4, 0.5) is 11.5 Å². The maximum Gasteiger partial charge on any atom is 0.253 e. The number of hydrogen-bond acceptors (Lipinski definition) is 4. The number of para-hydroxylation sites is 1. The average molecular weight is 373 g/mol. The highest BCUT2D eigenvalue weighted by Crippen LogP contribution is 2.36. The van der Waals surface area contributed by atoms with Crippen LogP contribution in [0.15, 0.2) is 66.9 Å². The van der Waals surface area contributed by atoms with Gasteiger partial charge in [-0.3, -0.25) is 4.79 Å². The summed E-state index contributed by atoms with van der Waals surface area (Å²) in [5.41, 5.74) is 4.09. The normalized spacial score (nSPS) is 15.2. The third-order valence-electron chi connectivity index (χ3n) is 5.08. The van der Waals surface area contributed by atoms with Gasteiger partial charge in [0.2, 0.25) is 0 Å². The van der Waals surface area contributed by atoms with Gasteiger partial charge in [-0.1, -0.05) is 30.3 Å². The monoisotopic (exact) mass is 373 g/mol. The van der Waals surface area contributed by atoms with Crippen LogP contribution in [0, 0.1) is 0 Å². The summed E-state index contributed by atoms with van der Waals surface area (Å²) < 4.78 is 5.15. The van der Waals surface area contributed by atoms with Crippen molar-refractivity contribution in [1.29, 1.82) is 0 Å². The highest BCUT2D eigenvalue weighted by Gasteiger charge is 2.27. The summed E-state index contributed by atoms with van der Waals surface area (Å²) in [5, 5.41) is 2.93. The summed E-state index contributed by atoms with van der Waals surface area (Å²) in [7, 11) is 1.63. The van der Waals surface area contributed by atoms with Gasteiger partial charge in [0.15, 0.2) is 0 Å². The number of anilines is 2. The third kappa shape index (κ3) is 3.56. The van der Waals surface area contributed by atoms with Crippen LogP contribution in [0.5, 0.6) is 5.75 Å². The number of methoxy groups -OCH3 is 1. The lowest BCUT2D eigenvalue weighted by molar-refractivity contribution is 0.0950. The van der Waals surface area contributed by atoms with Gasteiger partial charge < -0.3 is 15.0 Å². The molecule has 1 amide bonds. The number of rotatable bonds is 5. The fourth-order valence-electron chi connectivity index (χ4n) is 3.61. The number of ether oxygens (including phenoxy) is 1. The molecule has 0 spiro atoms. The molecule has 28 heavy (non-hydrogen) atoms. The van der Waals surface area contributed by atoms with Crippen LogP contribution in [0.2, 0.25) is 0 Å². The van der Waals surface area contributed by atoms with E-state index in [0.29, 0.717) is 18.2 Å². The van der Waals surface area contributed by atoms with Crippen molar-refractivity contribution in [3.63, 3.8) is 0 Å². The predicted octanol–water partition coefficient (Wildman–Crippen LogP) is 4.10. The van der Waals surface area contributed by atoms with E-state index in [9.17, 15) is 4.79 Å². The van der Waals surface area contributed by atoms with Crippen LogP contribution in [-0.2, 0) is 13.0 Å². The number of nitrogens with one attached hydrogen (secondary N) is 1. The lowest BCUT2D eigenvalue weighted by atomic mass is 10.1. The lowest BCUT2D eigenvalue weighted by Gasteiger charge is -2.23. The molecule has 2 aromatic carbocycles. The highest BCUT2D eigenvalue weighted by atomic mass is 16.5. The molecule has 1 aromatic heterocycles. The lowest BCUT2D eigenvalue weighted by Crippen LogP contribution is -2.26. The van der Waals surface area contributed by atoms with E-state index in [0.717, 1.165) is 23.6 Å². The largest absolute Gasteiger partial charge is 0.497 e. The summed E-state index contributed by atoms with van der Waals surface area (Å²) in [6.45, 7) is 2.65. The van der Waals surface area contributed by atoms with Crippen molar-refractivity contribution >= 4 is 17.4 Å². The number of carbonyl (C=O) groups excluding carboxylic acids is 1. The molecule has 1 aliphatic rings. The zero-order valence-corrected chi connectivity index (χ0v) is 16.1. The Kier molecular flexibility index (Phi) is 4.98. The molecular weight excluding hydrogens is 350 g/mol. The van der Waals surface area contributed by atoms with Gasteiger partial charge in [0.1, 0.15) is 11.6 Å². The Morgan fingerprint density at radius 1 is 1.14 bits per heavy atom. The highest BCUT2D eigenvalue weighted by molar-refractivity contribution is 5.94. The van der Waals surface area contributed by atoms with E-state index in [4.69, 9.17) is 4.74 Å². The fourth-order valence-corrected chi connectivity index (χ4v) is 3.61. The minimum atomic E-state index is -0.135. The van der Waals surface area contributed by atoms with Crippen molar-refractivity contribution in [2.75, 3.05) is 12.0 Å². The number of amides is 1. The van der Waals surface area contributed by atoms with Gasteiger partial charge in [-0.2, -0.15) is 0 Å². The van der Waals surface area contributed by atoms with Crippen molar-refractivity contribution in [2.24, 2.45) is 0 Å². The van der Waals surface area contributed by atoms with E-state index >= 15 is 0 Å². The van der Waals surface area contributed by atoms with Crippen molar-refractivity contribution in [2.45, 2.75) is 25.9 Å². The van der Waals surface area contributed by atoms with Crippen LogP contribution in [0.1, 0.15) is 28.4 Å². The van der Waals surface area contributed by atoms with Crippen LogP contribution in [0.25, 0.3) is 0 Å². The molecule has 1 atom stereocenters. The molecule has 0 saturated heterocycles. The topological polar surface area (TPSA) is 54.5 Å². The first-order chi connectivity index (χ1) is 13.7.